The van der Waals surface area contributed by atoms with Gasteiger partial charge < -0.3 is 11.5 Å². The average Bonchev–Trinajstić information content (AvgIpc) is 2.55. The monoisotopic (exact) mass is 232 g/mol. The van der Waals surface area contributed by atoms with Crippen LogP contribution in [0.3, 0.4) is 0 Å². The summed E-state index contributed by atoms with van der Waals surface area (Å²) in [6, 6.07) is 9.58. The Morgan fingerprint density at radius 1 is 1.25 bits per heavy atom. The molecule has 0 saturated carbocycles. The van der Waals surface area contributed by atoms with Gasteiger partial charge in [0.05, 0.1) is 10.6 Å². The zero-order valence-electron chi connectivity index (χ0n) is 8.86. The summed E-state index contributed by atoms with van der Waals surface area (Å²) < 4.78 is 0. The van der Waals surface area contributed by atoms with Gasteiger partial charge in [0.25, 0.3) is 5.91 Å². The number of carbonyl (C=O) groups excluding carboxylic acids is 1. The first-order valence-electron chi connectivity index (χ1n) is 4.85. The van der Waals surface area contributed by atoms with Gasteiger partial charge in [-0.3, -0.25) is 4.79 Å². The Labute approximate surface area is 97.7 Å². The summed E-state index contributed by atoms with van der Waals surface area (Å²) in [7, 11) is 0. The van der Waals surface area contributed by atoms with E-state index in [0.29, 0.717) is 10.6 Å². The number of amides is 1. The van der Waals surface area contributed by atoms with Crippen molar-refractivity contribution in [2.75, 3.05) is 5.73 Å². The molecule has 16 heavy (non-hydrogen) atoms. The highest BCUT2D eigenvalue weighted by atomic mass is 32.1. The summed E-state index contributed by atoms with van der Waals surface area (Å²) >= 11 is 1.40. The number of aryl methyl sites for hydroxylation is 1. The van der Waals surface area contributed by atoms with E-state index in [-0.39, 0.29) is 0 Å². The lowest BCUT2D eigenvalue weighted by Gasteiger charge is -2.03. The predicted molar refractivity (Wildman–Crippen MR) is 67.4 cm³/mol. The van der Waals surface area contributed by atoms with Crippen molar-refractivity contribution in [1.82, 2.24) is 0 Å². The summed E-state index contributed by atoms with van der Waals surface area (Å²) in [6.07, 6.45) is 0. The number of anilines is 1. The smallest absolute Gasteiger partial charge is 0.250 e. The van der Waals surface area contributed by atoms with Crippen molar-refractivity contribution in [1.29, 1.82) is 0 Å². The molecule has 0 saturated heterocycles. The molecule has 1 aromatic carbocycles. The highest BCUT2D eigenvalue weighted by molar-refractivity contribution is 7.16. The van der Waals surface area contributed by atoms with Crippen LogP contribution >= 0.6 is 11.3 Å². The van der Waals surface area contributed by atoms with Gasteiger partial charge in [-0.25, -0.2) is 0 Å². The molecule has 1 amide bonds. The number of nitrogens with two attached hydrogens (primary N) is 2. The minimum Gasteiger partial charge on any atom is -0.390 e. The topological polar surface area (TPSA) is 69.1 Å². The van der Waals surface area contributed by atoms with E-state index < -0.39 is 5.91 Å². The third-order valence-corrected chi connectivity index (χ3v) is 3.35. The quantitative estimate of drug-likeness (QED) is 0.834. The van der Waals surface area contributed by atoms with Crippen LogP contribution in [0.5, 0.6) is 0 Å². The van der Waals surface area contributed by atoms with Crippen LogP contribution in [-0.2, 0) is 0 Å². The van der Waals surface area contributed by atoms with Crippen molar-refractivity contribution < 1.29 is 4.79 Å². The van der Waals surface area contributed by atoms with E-state index in [1.54, 1.807) is 0 Å². The normalized spacial score (nSPS) is 10.3. The zero-order valence-corrected chi connectivity index (χ0v) is 9.67. The molecule has 0 aliphatic rings. The standard InChI is InChI=1S/C12H12N2OS/c1-7-9(11(13)15)10(12(14)16-7)8-5-3-2-4-6-8/h2-6H,14H2,1H3,(H2,13,15). The fourth-order valence-electron chi connectivity index (χ4n) is 1.75. The molecule has 0 spiro atoms. The van der Waals surface area contributed by atoms with Crippen LogP contribution in [0.15, 0.2) is 30.3 Å². The molecule has 4 N–H and O–H groups in total. The summed E-state index contributed by atoms with van der Waals surface area (Å²) in [5.74, 6) is -0.427. The number of carbonyl (C=O) groups is 1. The van der Waals surface area contributed by atoms with Crippen molar-refractivity contribution in [3.63, 3.8) is 0 Å². The molecule has 0 bridgehead atoms. The Hall–Kier alpha value is -1.81. The fraction of sp³-hybridized carbons (Fsp3) is 0.0833. The van der Waals surface area contributed by atoms with E-state index >= 15 is 0 Å². The van der Waals surface area contributed by atoms with Gasteiger partial charge in [0.1, 0.15) is 0 Å². The molecule has 0 atom stereocenters. The maximum Gasteiger partial charge on any atom is 0.250 e. The van der Waals surface area contributed by atoms with Crippen LogP contribution in [0, 0.1) is 6.92 Å². The lowest BCUT2D eigenvalue weighted by Crippen LogP contribution is -2.12. The van der Waals surface area contributed by atoms with E-state index in [0.717, 1.165) is 16.0 Å². The van der Waals surface area contributed by atoms with Gasteiger partial charge in [0.2, 0.25) is 0 Å². The molecule has 2 aromatic rings. The Kier molecular flexibility index (Phi) is 2.66. The maximum atomic E-state index is 11.4. The fourth-order valence-corrected chi connectivity index (χ4v) is 2.71. The summed E-state index contributed by atoms with van der Waals surface area (Å²) in [5, 5.41) is 0.637. The molecule has 0 radical (unpaired) electrons. The van der Waals surface area contributed by atoms with Gasteiger partial charge in [0.15, 0.2) is 0 Å². The first-order chi connectivity index (χ1) is 7.61. The minimum atomic E-state index is -0.427. The van der Waals surface area contributed by atoms with E-state index in [2.05, 4.69) is 0 Å². The summed E-state index contributed by atoms with van der Waals surface area (Å²) in [5.41, 5.74) is 13.5. The summed E-state index contributed by atoms with van der Waals surface area (Å²) in [4.78, 5) is 12.3. The molecule has 2 rings (SSSR count). The van der Waals surface area contributed by atoms with Crippen LogP contribution in [0.2, 0.25) is 0 Å². The Morgan fingerprint density at radius 2 is 1.88 bits per heavy atom. The van der Waals surface area contributed by atoms with Gasteiger partial charge in [-0.15, -0.1) is 11.3 Å². The largest absolute Gasteiger partial charge is 0.390 e. The van der Waals surface area contributed by atoms with Crippen LogP contribution < -0.4 is 11.5 Å². The molecular formula is C12H12N2OS. The molecule has 3 nitrogen and oxygen atoms in total. The molecule has 1 aromatic heterocycles. The Morgan fingerprint density at radius 3 is 2.44 bits per heavy atom. The molecule has 0 fully saturated rings. The number of nitrogen functional groups attached to an aromatic ring is 1. The molecule has 82 valence electrons. The van der Waals surface area contributed by atoms with Gasteiger partial charge in [0, 0.05) is 10.4 Å². The van der Waals surface area contributed by atoms with E-state index in [1.165, 1.54) is 11.3 Å². The van der Waals surface area contributed by atoms with Gasteiger partial charge in [-0.1, -0.05) is 30.3 Å². The van der Waals surface area contributed by atoms with Gasteiger partial charge in [-0.2, -0.15) is 0 Å². The van der Waals surface area contributed by atoms with Crippen molar-refractivity contribution in [3.8, 4) is 11.1 Å². The van der Waals surface area contributed by atoms with E-state index in [9.17, 15) is 4.79 Å². The second-order valence-electron chi connectivity index (χ2n) is 3.50. The number of benzene rings is 1. The van der Waals surface area contributed by atoms with Crippen LogP contribution in [0.1, 0.15) is 15.2 Å². The number of hydrogen-bond acceptors (Lipinski definition) is 3. The third-order valence-electron chi connectivity index (χ3n) is 2.42. The number of hydrogen-bond donors (Lipinski definition) is 2. The second kappa shape index (κ2) is 3.98. The maximum absolute atomic E-state index is 11.4. The molecular weight excluding hydrogens is 220 g/mol. The molecule has 0 aliphatic carbocycles. The highest BCUT2D eigenvalue weighted by Gasteiger charge is 2.19. The average molecular weight is 232 g/mol. The van der Waals surface area contributed by atoms with Crippen LogP contribution in [-0.4, -0.2) is 5.91 Å². The van der Waals surface area contributed by atoms with Crippen LogP contribution in [0.4, 0.5) is 5.00 Å². The lowest BCUT2D eigenvalue weighted by atomic mass is 10.0. The number of primary amides is 1. The molecule has 4 heteroatoms. The van der Waals surface area contributed by atoms with Crippen molar-refractivity contribution in [3.05, 3.63) is 40.8 Å². The number of rotatable bonds is 2. The molecule has 0 unspecified atom stereocenters. The minimum absolute atomic E-state index is 0.427. The lowest BCUT2D eigenvalue weighted by molar-refractivity contribution is 0.100. The highest BCUT2D eigenvalue weighted by Crippen LogP contribution is 2.38. The van der Waals surface area contributed by atoms with Crippen LogP contribution in [0.25, 0.3) is 11.1 Å². The van der Waals surface area contributed by atoms with Gasteiger partial charge in [-0.05, 0) is 12.5 Å². The molecule has 0 aliphatic heterocycles. The van der Waals surface area contributed by atoms with Gasteiger partial charge >= 0.3 is 0 Å². The van der Waals surface area contributed by atoms with Crippen molar-refractivity contribution in [2.45, 2.75) is 6.92 Å². The molecule has 1 heterocycles. The number of thiophene rings is 1. The predicted octanol–water partition coefficient (Wildman–Crippen LogP) is 2.40. The van der Waals surface area contributed by atoms with Crippen molar-refractivity contribution >= 4 is 22.2 Å². The van der Waals surface area contributed by atoms with E-state index in [1.807, 2.05) is 37.3 Å². The first-order valence-corrected chi connectivity index (χ1v) is 5.67. The SMILES string of the molecule is Cc1sc(N)c(-c2ccccc2)c1C(N)=O. The Balaban J connectivity index is 2.69. The summed E-state index contributed by atoms with van der Waals surface area (Å²) in [6.45, 7) is 1.85. The second-order valence-corrected chi connectivity index (χ2v) is 4.76. The zero-order chi connectivity index (χ0) is 11.7. The van der Waals surface area contributed by atoms with E-state index in [4.69, 9.17) is 11.5 Å². The third kappa shape index (κ3) is 1.67. The Bertz CT molecular complexity index is 531. The van der Waals surface area contributed by atoms with Crippen molar-refractivity contribution in [2.24, 2.45) is 5.73 Å². The first kappa shape index (κ1) is 10.7.